The summed E-state index contributed by atoms with van der Waals surface area (Å²) < 4.78 is 68.2. The highest BCUT2D eigenvalue weighted by atomic mass is 127. The van der Waals surface area contributed by atoms with Crippen LogP contribution in [0.25, 0.3) is 0 Å². The predicted molar refractivity (Wildman–Crippen MR) is 110 cm³/mol. The van der Waals surface area contributed by atoms with Gasteiger partial charge in [0.15, 0.2) is 5.96 Å². The summed E-state index contributed by atoms with van der Waals surface area (Å²) in [5, 5.41) is 2.96. The summed E-state index contributed by atoms with van der Waals surface area (Å²) in [6, 6.07) is 0. The maximum Gasteiger partial charge on any atom is 0.390 e. The Kier molecular flexibility index (Phi) is 12.1. The van der Waals surface area contributed by atoms with Gasteiger partial charge >= 0.3 is 6.18 Å². The summed E-state index contributed by atoms with van der Waals surface area (Å²) >= 11 is 0. The lowest BCUT2D eigenvalue weighted by Gasteiger charge is -2.36. The van der Waals surface area contributed by atoms with Crippen molar-refractivity contribution in [3.05, 3.63) is 0 Å². The smallest absolute Gasteiger partial charge is 0.378 e. The maximum atomic E-state index is 12.3. The van der Waals surface area contributed by atoms with Crippen LogP contribution in [0.2, 0.25) is 0 Å². The van der Waals surface area contributed by atoms with Crippen molar-refractivity contribution in [3.63, 3.8) is 0 Å². The normalized spacial score (nSPS) is 17.1. The highest BCUT2D eigenvalue weighted by Gasteiger charge is 2.29. The van der Waals surface area contributed by atoms with Gasteiger partial charge < -0.3 is 15.0 Å². The molecule has 1 aliphatic heterocycles. The first-order valence-corrected chi connectivity index (χ1v) is 10.4. The van der Waals surface area contributed by atoms with Gasteiger partial charge in [-0.05, 0) is 20.8 Å². The van der Waals surface area contributed by atoms with Crippen molar-refractivity contribution in [3.8, 4) is 0 Å². The van der Waals surface area contributed by atoms with E-state index >= 15 is 0 Å². The number of hydrogen-bond donors (Lipinski definition) is 1. The van der Waals surface area contributed by atoms with Gasteiger partial charge in [0.25, 0.3) is 0 Å². The van der Waals surface area contributed by atoms with Crippen molar-refractivity contribution in [2.24, 2.45) is 4.99 Å². The molecule has 0 spiro atoms. The van der Waals surface area contributed by atoms with Crippen LogP contribution in [0.1, 0.15) is 27.2 Å². The number of nitrogens with zero attached hydrogens (tertiary/aromatic N) is 3. The lowest BCUT2D eigenvalue weighted by molar-refractivity contribution is -0.132. The van der Waals surface area contributed by atoms with Gasteiger partial charge in [0.2, 0.25) is 10.0 Å². The molecule has 0 amide bonds. The molecule has 0 radical (unpaired) electrons. The molecule has 0 aromatic carbocycles. The maximum absolute atomic E-state index is 12.3. The molecule has 0 atom stereocenters. The molecular formula is C15H30F3IN4O3S. The molecule has 7 nitrogen and oxygen atoms in total. The third-order valence-electron chi connectivity index (χ3n) is 3.72. The van der Waals surface area contributed by atoms with Crippen LogP contribution in [0.5, 0.6) is 0 Å². The predicted octanol–water partition coefficient (Wildman–Crippen LogP) is 1.89. The Bertz CT molecular complexity index is 551. The molecule has 1 N–H and O–H groups in total. The van der Waals surface area contributed by atoms with Crippen LogP contribution < -0.4 is 5.32 Å². The molecule has 0 bridgehead atoms. The molecule has 0 saturated carbocycles. The fourth-order valence-corrected chi connectivity index (χ4v) is 3.70. The molecule has 1 aliphatic rings. The van der Waals surface area contributed by atoms with E-state index < -0.39 is 22.6 Å². The van der Waals surface area contributed by atoms with E-state index in [-0.39, 0.29) is 62.1 Å². The number of sulfonamides is 1. The minimum absolute atomic E-state index is 0. The van der Waals surface area contributed by atoms with E-state index in [4.69, 9.17) is 4.74 Å². The van der Waals surface area contributed by atoms with E-state index in [2.05, 4.69) is 10.3 Å². The molecule has 0 unspecified atom stereocenters. The Hall–Kier alpha value is -0.340. The minimum atomic E-state index is -4.24. The number of guanidine groups is 1. The first-order valence-electron chi connectivity index (χ1n) is 8.74. The zero-order valence-electron chi connectivity index (χ0n) is 16.0. The number of alkyl halides is 3. The van der Waals surface area contributed by atoms with Gasteiger partial charge in [-0.25, -0.2) is 8.42 Å². The van der Waals surface area contributed by atoms with Crippen LogP contribution in [0.15, 0.2) is 4.99 Å². The zero-order valence-corrected chi connectivity index (χ0v) is 19.1. The Labute approximate surface area is 176 Å². The summed E-state index contributed by atoms with van der Waals surface area (Å²) in [6.07, 6.45) is -5.25. The van der Waals surface area contributed by atoms with Crippen LogP contribution in [0, 0.1) is 0 Å². The Morgan fingerprint density at radius 2 is 1.81 bits per heavy atom. The Balaban J connectivity index is 0.00000676. The average Bonchev–Trinajstić information content (AvgIpc) is 2.52. The molecule has 162 valence electrons. The molecule has 0 aromatic heterocycles. The van der Waals surface area contributed by atoms with E-state index in [1.807, 2.05) is 20.8 Å². The molecule has 1 fully saturated rings. The molecule has 1 heterocycles. The van der Waals surface area contributed by atoms with Gasteiger partial charge in [0.05, 0.1) is 31.4 Å². The summed E-state index contributed by atoms with van der Waals surface area (Å²) in [6.45, 7) is 7.12. The SMILES string of the molecule is CCNC(=NCCC(F)(F)F)N1CCN(S(=O)(=O)CCOC(C)C)CC1.I. The highest BCUT2D eigenvalue weighted by Crippen LogP contribution is 2.19. The van der Waals surface area contributed by atoms with Gasteiger partial charge in [0.1, 0.15) is 0 Å². The second-order valence-electron chi connectivity index (χ2n) is 6.22. The van der Waals surface area contributed by atoms with E-state index in [9.17, 15) is 21.6 Å². The molecule has 27 heavy (non-hydrogen) atoms. The quantitative estimate of drug-likeness (QED) is 0.295. The van der Waals surface area contributed by atoms with Gasteiger partial charge in [-0.3, -0.25) is 4.99 Å². The van der Waals surface area contributed by atoms with E-state index in [1.54, 1.807) is 4.90 Å². The van der Waals surface area contributed by atoms with Gasteiger partial charge in [-0.15, -0.1) is 24.0 Å². The molecule has 1 saturated heterocycles. The van der Waals surface area contributed by atoms with Crippen molar-refractivity contribution in [2.75, 3.05) is 51.6 Å². The number of ether oxygens (including phenoxy) is 1. The van der Waals surface area contributed by atoms with Gasteiger partial charge in [0, 0.05) is 32.7 Å². The number of halogens is 4. The monoisotopic (exact) mass is 530 g/mol. The molecular weight excluding hydrogens is 500 g/mol. The highest BCUT2D eigenvalue weighted by molar-refractivity contribution is 14.0. The van der Waals surface area contributed by atoms with Crippen LogP contribution in [-0.2, 0) is 14.8 Å². The Morgan fingerprint density at radius 3 is 2.30 bits per heavy atom. The fraction of sp³-hybridized carbons (Fsp3) is 0.933. The first-order chi connectivity index (χ1) is 12.0. The Morgan fingerprint density at radius 1 is 1.22 bits per heavy atom. The van der Waals surface area contributed by atoms with Crippen LogP contribution >= 0.6 is 24.0 Å². The number of rotatable bonds is 8. The largest absolute Gasteiger partial charge is 0.390 e. The number of nitrogens with one attached hydrogen (secondary N) is 1. The van der Waals surface area contributed by atoms with Crippen molar-refractivity contribution in [1.29, 1.82) is 0 Å². The molecule has 1 rings (SSSR count). The summed E-state index contributed by atoms with van der Waals surface area (Å²) in [5.74, 6) is 0.308. The van der Waals surface area contributed by atoms with Crippen molar-refractivity contribution < 1.29 is 26.3 Å². The average molecular weight is 530 g/mol. The second-order valence-corrected chi connectivity index (χ2v) is 8.31. The van der Waals surface area contributed by atoms with Crippen molar-refractivity contribution in [1.82, 2.24) is 14.5 Å². The summed E-state index contributed by atoms with van der Waals surface area (Å²) in [4.78, 5) is 5.79. The second kappa shape index (κ2) is 12.3. The molecule has 0 aliphatic carbocycles. The van der Waals surface area contributed by atoms with Gasteiger partial charge in [-0.2, -0.15) is 17.5 Å². The zero-order chi connectivity index (χ0) is 19.8. The standard InChI is InChI=1S/C15H29F3N4O3S.HI/c1-4-19-14(20-6-5-15(16,17)18)21-7-9-22(10-8-21)26(23,24)12-11-25-13(2)3;/h13H,4-12H2,1-3H3,(H,19,20);1H. The third kappa shape index (κ3) is 10.7. The lowest BCUT2D eigenvalue weighted by atomic mass is 10.4. The number of hydrogen-bond acceptors (Lipinski definition) is 4. The first kappa shape index (κ1) is 26.7. The number of aliphatic imine (C=N–C) groups is 1. The molecule has 0 aromatic rings. The fourth-order valence-electron chi connectivity index (χ4n) is 2.41. The number of piperazine rings is 1. The van der Waals surface area contributed by atoms with Gasteiger partial charge in [-0.1, -0.05) is 0 Å². The van der Waals surface area contributed by atoms with E-state index in [0.29, 0.717) is 25.6 Å². The summed E-state index contributed by atoms with van der Waals surface area (Å²) in [5.41, 5.74) is 0. The van der Waals surface area contributed by atoms with Crippen molar-refractivity contribution in [2.45, 2.75) is 39.5 Å². The topological polar surface area (TPSA) is 74.2 Å². The third-order valence-corrected chi connectivity index (χ3v) is 5.55. The molecule has 12 heteroatoms. The minimum Gasteiger partial charge on any atom is -0.378 e. The van der Waals surface area contributed by atoms with Crippen LogP contribution in [0.4, 0.5) is 13.2 Å². The summed E-state index contributed by atoms with van der Waals surface area (Å²) in [7, 11) is -3.40. The van der Waals surface area contributed by atoms with E-state index in [0.717, 1.165) is 0 Å². The van der Waals surface area contributed by atoms with Crippen LogP contribution in [-0.4, -0.2) is 87.5 Å². The van der Waals surface area contributed by atoms with Crippen LogP contribution in [0.3, 0.4) is 0 Å². The van der Waals surface area contributed by atoms with E-state index in [1.165, 1.54) is 4.31 Å². The lowest BCUT2D eigenvalue weighted by Crippen LogP contribution is -2.54. The van der Waals surface area contributed by atoms with Crippen molar-refractivity contribution >= 4 is 40.0 Å².